The summed E-state index contributed by atoms with van der Waals surface area (Å²) in [4.78, 5) is 23.3. The number of carbonyl (C=O) groups excluding carboxylic acids is 1. The molecule has 1 amide bonds. The van der Waals surface area contributed by atoms with E-state index in [9.17, 15) is 14.7 Å². The Morgan fingerprint density at radius 1 is 1.42 bits per heavy atom. The van der Waals surface area contributed by atoms with E-state index in [0.717, 1.165) is 18.6 Å². The Balaban J connectivity index is 2.15. The van der Waals surface area contributed by atoms with Gasteiger partial charge in [-0.1, -0.05) is 29.8 Å². The molecular weight excluding hydrogens is 286 g/mol. The predicted octanol–water partition coefficient (Wildman–Crippen LogP) is 2.48. The number of benzene rings is 1. The lowest BCUT2D eigenvalue weighted by Crippen LogP contribution is -2.38. The minimum atomic E-state index is -1.11. The Morgan fingerprint density at radius 3 is 2.74 bits per heavy atom. The van der Waals surface area contributed by atoms with Gasteiger partial charge in [-0.15, -0.1) is 11.8 Å². The fourth-order valence-electron chi connectivity index (χ4n) is 2.00. The zero-order valence-corrected chi connectivity index (χ0v) is 11.7. The molecule has 4 nitrogen and oxygen atoms in total. The first-order valence-electron chi connectivity index (χ1n) is 5.99. The number of aliphatic carboxylic acids is 1. The highest BCUT2D eigenvalue weighted by Gasteiger charge is 2.29. The van der Waals surface area contributed by atoms with Crippen molar-refractivity contribution >= 4 is 35.2 Å². The van der Waals surface area contributed by atoms with Gasteiger partial charge in [0.1, 0.15) is 0 Å². The maximum absolute atomic E-state index is 12.0. The molecule has 0 bridgehead atoms. The molecule has 0 spiro atoms. The van der Waals surface area contributed by atoms with Crippen molar-refractivity contribution < 1.29 is 14.7 Å². The molecule has 1 aliphatic heterocycles. The van der Waals surface area contributed by atoms with Gasteiger partial charge in [0, 0.05) is 10.6 Å². The number of thioether (sulfide) groups is 1. The molecule has 102 valence electrons. The van der Waals surface area contributed by atoms with E-state index in [1.165, 1.54) is 0 Å². The Bertz CT molecular complexity index is 489. The van der Waals surface area contributed by atoms with Crippen molar-refractivity contribution in [1.82, 2.24) is 5.32 Å². The Hall–Kier alpha value is -1.20. The summed E-state index contributed by atoms with van der Waals surface area (Å²) in [7, 11) is 0. The van der Waals surface area contributed by atoms with E-state index in [1.807, 2.05) is 0 Å². The van der Waals surface area contributed by atoms with Crippen molar-refractivity contribution in [2.24, 2.45) is 0 Å². The number of halogens is 1. The molecule has 2 rings (SSSR count). The molecule has 0 saturated carbocycles. The Kier molecular flexibility index (Phi) is 4.71. The summed E-state index contributed by atoms with van der Waals surface area (Å²) in [5, 5.41) is 12.0. The molecule has 0 radical (unpaired) electrons. The quantitative estimate of drug-likeness (QED) is 0.896. The number of carboxylic acids is 1. The smallest absolute Gasteiger partial charge is 0.330 e. The van der Waals surface area contributed by atoms with Gasteiger partial charge in [0.25, 0.3) is 0 Å². The molecule has 1 aromatic rings. The Morgan fingerprint density at radius 2 is 2.16 bits per heavy atom. The first-order chi connectivity index (χ1) is 9.09. The maximum atomic E-state index is 12.0. The van der Waals surface area contributed by atoms with Gasteiger partial charge in [0.15, 0.2) is 6.04 Å². The van der Waals surface area contributed by atoms with Gasteiger partial charge < -0.3 is 10.4 Å². The van der Waals surface area contributed by atoms with Gasteiger partial charge in [0.2, 0.25) is 5.91 Å². The molecule has 1 fully saturated rings. The van der Waals surface area contributed by atoms with Crippen LogP contribution >= 0.6 is 23.4 Å². The van der Waals surface area contributed by atoms with Crippen LogP contribution in [0.4, 0.5) is 0 Å². The van der Waals surface area contributed by atoms with Gasteiger partial charge >= 0.3 is 5.97 Å². The van der Waals surface area contributed by atoms with Crippen LogP contribution in [0.3, 0.4) is 0 Å². The van der Waals surface area contributed by atoms with E-state index in [1.54, 1.807) is 36.0 Å². The number of hydrogen-bond donors (Lipinski definition) is 2. The van der Waals surface area contributed by atoms with E-state index >= 15 is 0 Å². The van der Waals surface area contributed by atoms with Gasteiger partial charge in [-0.05, 0) is 24.7 Å². The molecule has 1 aromatic carbocycles. The van der Waals surface area contributed by atoms with E-state index in [0.29, 0.717) is 10.6 Å². The van der Waals surface area contributed by atoms with Crippen LogP contribution in [0.15, 0.2) is 24.3 Å². The lowest BCUT2D eigenvalue weighted by Gasteiger charge is -2.18. The van der Waals surface area contributed by atoms with Crippen molar-refractivity contribution in [2.45, 2.75) is 24.1 Å². The van der Waals surface area contributed by atoms with Crippen LogP contribution < -0.4 is 5.32 Å². The highest BCUT2D eigenvalue weighted by Crippen LogP contribution is 2.28. The number of carboxylic acid groups (broad SMARTS) is 1. The summed E-state index contributed by atoms with van der Waals surface area (Å²) < 4.78 is 0. The van der Waals surface area contributed by atoms with Gasteiger partial charge in [-0.2, -0.15) is 0 Å². The number of rotatable bonds is 4. The monoisotopic (exact) mass is 299 g/mol. The molecule has 19 heavy (non-hydrogen) atoms. The molecule has 1 heterocycles. The molecule has 1 aliphatic rings. The third-order valence-electron chi connectivity index (χ3n) is 2.97. The highest BCUT2D eigenvalue weighted by molar-refractivity contribution is 8.00. The summed E-state index contributed by atoms with van der Waals surface area (Å²) in [6, 6.07) is 5.56. The summed E-state index contributed by atoms with van der Waals surface area (Å²) in [5.41, 5.74) is 0.410. The van der Waals surface area contributed by atoms with Gasteiger partial charge in [-0.3, -0.25) is 4.79 Å². The average Bonchev–Trinajstić information content (AvgIpc) is 2.90. The fourth-order valence-corrected chi connectivity index (χ4v) is 3.42. The number of carbonyl (C=O) groups is 2. The van der Waals surface area contributed by atoms with E-state index in [2.05, 4.69) is 5.32 Å². The molecule has 2 atom stereocenters. The highest BCUT2D eigenvalue weighted by atomic mass is 35.5. The zero-order chi connectivity index (χ0) is 13.8. The average molecular weight is 300 g/mol. The first-order valence-corrected chi connectivity index (χ1v) is 7.41. The van der Waals surface area contributed by atoms with Gasteiger partial charge in [-0.25, -0.2) is 4.79 Å². The van der Waals surface area contributed by atoms with Crippen molar-refractivity contribution in [3.05, 3.63) is 34.9 Å². The second kappa shape index (κ2) is 6.30. The molecule has 1 unspecified atom stereocenters. The first kappa shape index (κ1) is 14.2. The third kappa shape index (κ3) is 3.42. The lowest BCUT2D eigenvalue weighted by atomic mass is 10.1. The van der Waals surface area contributed by atoms with Crippen LogP contribution in [0.2, 0.25) is 5.02 Å². The summed E-state index contributed by atoms with van der Waals surface area (Å²) in [6.45, 7) is 0. The normalized spacial score (nSPS) is 19.9. The van der Waals surface area contributed by atoms with Crippen molar-refractivity contribution in [3.8, 4) is 0 Å². The van der Waals surface area contributed by atoms with Crippen LogP contribution in [0, 0.1) is 0 Å². The number of nitrogens with one attached hydrogen (secondary N) is 1. The minimum Gasteiger partial charge on any atom is -0.479 e. The second-order valence-electron chi connectivity index (χ2n) is 4.30. The standard InChI is InChI=1S/C13H14ClNO3S/c14-9-5-2-1-4-8(9)11(13(17)18)15-12(16)10-6-3-7-19-10/h1-2,4-5,10-11H,3,6-7H2,(H,15,16)(H,17,18)/t10?,11-/m1/s1. The SMILES string of the molecule is O=C(N[C@@H](C(=O)O)c1ccccc1Cl)C1CCCS1. The summed E-state index contributed by atoms with van der Waals surface area (Å²) >= 11 is 7.55. The molecule has 2 N–H and O–H groups in total. The van der Waals surface area contributed by atoms with Crippen LogP contribution in [0.5, 0.6) is 0 Å². The molecule has 0 aromatic heterocycles. The lowest BCUT2D eigenvalue weighted by molar-refractivity contribution is -0.142. The number of amides is 1. The summed E-state index contributed by atoms with van der Waals surface area (Å²) in [5.74, 6) is -0.388. The van der Waals surface area contributed by atoms with Crippen LogP contribution in [0.25, 0.3) is 0 Å². The molecule has 1 saturated heterocycles. The van der Waals surface area contributed by atoms with Crippen LogP contribution in [-0.2, 0) is 9.59 Å². The van der Waals surface area contributed by atoms with Gasteiger partial charge in [0.05, 0.1) is 5.25 Å². The molecule has 6 heteroatoms. The zero-order valence-electron chi connectivity index (χ0n) is 10.1. The second-order valence-corrected chi connectivity index (χ2v) is 6.02. The summed E-state index contributed by atoms with van der Waals surface area (Å²) in [6.07, 6.45) is 1.79. The van der Waals surface area contributed by atoms with E-state index < -0.39 is 12.0 Å². The van der Waals surface area contributed by atoms with Crippen molar-refractivity contribution in [3.63, 3.8) is 0 Å². The molecular formula is C13H14ClNO3S. The maximum Gasteiger partial charge on any atom is 0.330 e. The predicted molar refractivity (Wildman–Crippen MR) is 75.5 cm³/mol. The van der Waals surface area contributed by atoms with Crippen molar-refractivity contribution in [1.29, 1.82) is 0 Å². The van der Waals surface area contributed by atoms with E-state index in [-0.39, 0.29) is 11.2 Å². The van der Waals surface area contributed by atoms with Crippen LogP contribution in [-0.4, -0.2) is 28.0 Å². The van der Waals surface area contributed by atoms with Crippen LogP contribution in [0.1, 0.15) is 24.4 Å². The topological polar surface area (TPSA) is 66.4 Å². The Labute approximate surface area is 120 Å². The minimum absolute atomic E-state index is 0.149. The number of hydrogen-bond acceptors (Lipinski definition) is 3. The third-order valence-corrected chi connectivity index (χ3v) is 4.69. The van der Waals surface area contributed by atoms with E-state index in [4.69, 9.17) is 11.6 Å². The fraction of sp³-hybridized carbons (Fsp3) is 0.385. The van der Waals surface area contributed by atoms with Crippen molar-refractivity contribution in [2.75, 3.05) is 5.75 Å². The largest absolute Gasteiger partial charge is 0.479 e. The molecule has 0 aliphatic carbocycles.